The zero-order chi connectivity index (χ0) is 24.1. The molecule has 2 aromatic carbocycles. The summed E-state index contributed by atoms with van der Waals surface area (Å²) in [6.45, 7) is 4.24. The van der Waals surface area contributed by atoms with Crippen LogP contribution in [-0.2, 0) is 4.79 Å². The smallest absolute Gasteiger partial charge is 0.292 e. The second-order valence-corrected chi connectivity index (χ2v) is 9.43. The predicted molar refractivity (Wildman–Crippen MR) is 138 cm³/mol. The van der Waals surface area contributed by atoms with Crippen molar-refractivity contribution in [1.82, 2.24) is 4.90 Å². The highest BCUT2D eigenvalue weighted by Crippen LogP contribution is 2.34. The van der Waals surface area contributed by atoms with Gasteiger partial charge in [0, 0.05) is 67.1 Å². The van der Waals surface area contributed by atoms with Crippen LogP contribution in [0.5, 0.6) is 5.75 Å². The molecule has 34 heavy (non-hydrogen) atoms. The lowest BCUT2D eigenvalue weighted by atomic mass is 10.1. The predicted octanol–water partition coefficient (Wildman–Crippen LogP) is 4.72. The highest BCUT2D eigenvalue weighted by atomic mass is 79.9. The van der Waals surface area contributed by atoms with Gasteiger partial charge in [0.1, 0.15) is 11.4 Å². The van der Waals surface area contributed by atoms with Crippen LogP contribution in [0.4, 0.5) is 17.1 Å². The summed E-state index contributed by atoms with van der Waals surface area (Å²) in [5.41, 5.74) is 2.66. The molecule has 0 aliphatic carbocycles. The first-order valence-electron chi connectivity index (χ1n) is 11.5. The molecule has 4 rings (SSSR count). The van der Waals surface area contributed by atoms with Crippen molar-refractivity contribution in [3.8, 4) is 5.75 Å². The van der Waals surface area contributed by atoms with Crippen LogP contribution in [-0.4, -0.2) is 62.1 Å². The number of piperazine rings is 1. The molecule has 2 aliphatic rings. The summed E-state index contributed by atoms with van der Waals surface area (Å²) in [6, 6.07) is 11.0. The van der Waals surface area contributed by atoms with Crippen molar-refractivity contribution in [2.45, 2.75) is 19.3 Å². The normalized spacial score (nSPS) is 16.7. The fourth-order valence-electron chi connectivity index (χ4n) is 4.54. The van der Waals surface area contributed by atoms with Gasteiger partial charge in [-0.15, -0.1) is 0 Å². The molecule has 0 radical (unpaired) electrons. The van der Waals surface area contributed by atoms with Crippen LogP contribution in [0.1, 0.15) is 24.8 Å². The largest absolute Gasteiger partial charge is 0.496 e. The lowest BCUT2D eigenvalue weighted by Crippen LogP contribution is -2.48. The number of rotatable bonds is 6. The molecular formula is C25H29BrN4O4. The maximum Gasteiger partial charge on any atom is 0.292 e. The number of hydrogen-bond donors (Lipinski definition) is 0. The second kappa shape index (κ2) is 10.9. The Balaban J connectivity index is 1.42. The van der Waals surface area contributed by atoms with Crippen molar-refractivity contribution >= 4 is 45.0 Å². The van der Waals surface area contributed by atoms with E-state index in [9.17, 15) is 14.9 Å². The third kappa shape index (κ3) is 5.52. The second-order valence-electron chi connectivity index (χ2n) is 8.51. The van der Waals surface area contributed by atoms with Crippen LogP contribution in [0.3, 0.4) is 0 Å². The molecule has 2 aromatic rings. The van der Waals surface area contributed by atoms with E-state index in [1.807, 2.05) is 35.2 Å². The van der Waals surface area contributed by atoms with Crippen LogP contribution in [0.15, 0.2) is 46.9 Å². The number of ether oxygens (including phenoxy) is 1. The number of nitro groups is 1. The third-order valence-corrected chi connectivity index (χ3v) is 6.90. The molecule has 0 N–H and O–H groups in total. The Labute approximate surface area is 208 Å². The molecule has 2 heterocycles. The van der Waals surface area contributed by atoms with Crippen molar-refractivity contribution in [3.63, 3.8) is 0 Å². The Morgan fingerprint density at radius 1 is 1.00 bits per heavy atom. The molecule has 1 amide bonds. The van der Waals surface area contributed by atoms with E-state index in [1.54, 1.807) is 25.3 Å². The molecule has 2 saturated heterocycles. The van der Waals surface area contributed by atoms with Gasteiger partial charge in [-0.05, 0) is 55.7 Å². The topological polar surface area (TPSA) is 79.2 Å². The number of halogens is 1. The van der Waals surface area contributed by atoms with Gasteiger partial charge in [0.15, 0.2) is 0 Å². The van der Waals surface area contributed by atoms with E-state index >= 15 is 0 Å². The molecule has 0 atom stereocenters. The van der Waals surface area contributed by atoms with Crippen LogP contribution < -0.4 is 14.5 Å². The fourth-order valence-corrected chi connectivity index (χ4v) is 4.92. The number of benzene rings is 2. The van der Waals surface area contributed by atoms with E-state index in [2.05, 4.69) is 25.7 Å². The summed E-state index contributed by atoms with van der Waals surface area (Å²) in [6.07, 6.45) is 6.64. The van der Waals surface area contributed by atoms with Gasteiger partial charge in [-0.1, -0.05) is 15.9 Å². The number of nitro benzene ring substituents is 1. The van der Waals surface area contributed by atoms with Gasteiger partial charge in [-0.3, -0.25) is 14.9 Å². The molecule has 8 nitrogen and oxygen atoms in total. The SMILES string of the molecule is COc1ccc(Br)cc1C=CC(=O)N1CCN(c2ccc([N+](=O)[O-])c(N3CCCCC3)c2)CC1. The van der Waals surface area contributed by atoms with Gasteiger partial charge >= 0.3 is 0 Å². The molecule has 0 saturated carbocycles. The Morgan fingerprint density at radius 3 is 2.41 bits per heavy atom. The molecule has 2 aliphatic heterocycles. The number of methoxy groups -OCH3 is 1. The lowest BCUT2D eigenvalue weighted by molar-refractivity contribution is -0.384. The van der Waals surface area contributed by atoms with Gasteiger partial charge in [0.2, 0.25) is 5.91 Å². The molecular weight excluding hydrogens is 500 g/mol. The number of nitrogens with zero attached hydrogens (tertiary/aromatic N) is 4. The molecule has 0 unspecified atom stereocenters. The van der Waals surface area contributed by atoms with E-state index in [0.717, 1.165) is 41.7 Å². The first-order chi connectivity index (χ1) is 16.5. The Morgan fingerprint density at radius 2 is 1.74 bits per heavy atom. The Kier molecular flexibility index (Phi) is 7.72. The van der Waals surface area contributed by atoms with Crippen molar-refractivity contribution in [2.24, 2.45) is 0 Å². The summed E-state index contributed by atoms with van der Waals surface area (Å²) in [5.74, 6) is 0.666. The molecule has 0 aromatic heterocycles. The first-order valence-corrected chi connectivity index (χ1v) is 12.3. The van der Waals surface area contributed by atoms with E-state index in [1.165, 1.54) is 6.42 Å². The number of carbonyl (C=O) groups excluding carboxylic acids is 1. The van der Waals surface area contributed by atoms with Gasteiger partial charge in [-0.2, -0.15) is 0 Å². The number of anilines is 2. The number of hydrogen-bond acceptors (Lipinski definition) is 6. The maximum atomic E-state index is 12.8. The minimum absolute atomic E-state index is 0.0422. The van der Waals surface area contributed by atoms with E-state index in [4.69, 9.17) is 4.74 Å². The van der Waals surface area contributed by atoms with E-state index < -0.39 is 0 Å². The van der Waals surface area contributed by atoms with Crippen molar-refractivity contribution < 1.29 is 14.5 Å². The van der Waals surface area contributed by atoms with Gasteiger partial charge in [-0.25, -0.2) is 0 Å². The van der Waals surface area contributed by atoms with Crippen LogP contribution in [0, 0.1) is 10.1 Å². The highest BCUT2D eigenvalue weighted by Gasteiger charge is 2.25. The van der Waals surface area contributed by atoms with Gasteiger partial charge < -0.3 is 19.4 Å². The van der Waals surface area contributed by atoms with Gasteiger partial charge in [0.25, 0.3) is 5.69 Å². The Hall–Kier alpha value is -3.07. The number of amides is 1. The Bertz CT molecular complexity index is 1080. The summed E-state index contributed by atoms with van der Waals surface area (Å²) in [7, 11) is 1.61. The number of piperidine rings is 1. The van der Waals surface area contributed by atoms with Crippen LogP contribution in [0.2, 0.25) is 0 Å². The van der Waals surface area contributed by atoms with E-state index in [0.29, 0.717) is 37.6 Å². The molecule has 0 bridgehead atoms. The standard InChI is InChI=1S/C25H29BrN4O4/c1-34-24-9-6-20(26)17-19(24)5-10-25(31)29-15-13-27(14-16-29)21-7-8-22(30(32)33)23(18-21)28-11-3-2-4-12-28/h5-10,17-18H,2-4,11-16H2,1H3. The highest BCUT2D eigenvalue weighted by molar-refractivity contribution is 9.10. The molecule has 9 heteroatoms. The zero-order valence-electron chi connectivity index (χ0n) is 19.3. The summed E-state index contributed by atoms with van der Waals surface area (Å²) in [5, 5.41) is 11.6. The molecule has 2 fully saturated rings. The molecule has 0 spiro atoms. The quantitative estimate of drug-likeness (QED) is 0.306. The fraction of sp³-hybridized carbons (Fsp3) is 0.400. The van der Waals surface area contributed by atoms with Crippen LogP contribution >= 0.6 is 15.9 Å². The van der Waals surface area contributed by atoms with E-state index in [-0.39, 0.29) is 16.5 Å². The maximum absolute atomic E-state index is 12.8. The van der Waals surface area contributed by atoms with Crippen LogP contribution in [0.25, 0.3) is 6.08 Å². The van der Waals surface area contributed by atoms with Crippen molar-refractivity contribution in [2.75, 3.05) is 56.2 Å². The monoisotopic (exact) mass is 528 g/mol. The zero-order valence-corrected chi connectivity index (χ0v) is 20.9. The average molecular weight is 529 g/mol. The number of carbonyl (C=O) groups is 1. The summed E-state index contributed by atoms with van der Waals surface area (Å²) in [4.78, 5) is 30.2. The van der Waals surface area contributed by atoms with Crippen molar-refractivity contribution in [1.29, 1.82) is 0 Å². The molecule has 180 valence electrons. The first kappa shape index (κ1) is 24.1. The third-order valence-electron chi connectivity index (χ3n) is 6.41. The van der Waals surface area contributed by atoms with Gasteiger partial charge in [0.05, 0.1) is 12.0 Å². The minimum Gasteiger partial charge on any atom is -0.496 e. The summed E-state index contributed by atoms with van der Waals surface area (Å²) >= 11 is 3.45. The average Bonchev–Trinajstić information content (AvgIpc) is 2.87. The lowest BCUT2D eigenvalue weighted by Gasteiger charge is -2.36. The summed E-state index contributed by atoms with van der Waals surface area (Å²) < 4.78 is 6.29. The minimum atomic E-state index is -0.295. The van der Waals surface area contributed by atoms with Crippen molar-refractivity contribution in [3.05, 3.63) is 62.6 Å².